The van der Waals surface area contributed by atoms with E-state index in [0.29, 0.717) is 0 Å². The summed E-state index contributed by atoms with van der Waals surface area (Å²) in [7, 11) is 2.06. The molecule has 3 heteroatoms. The lowest BCUT2D eigenvalue weighted by molar-refractivity contribution is 0.0939. The van der Waals surface area contributed by atoms with Gasteiger partial charge in [0.1, 0.15) is 0 Å². The summed E-state index contributed by atoms with van der Waals surface area (Å²) < 4.78 is 5.49. The summed E-state index contributed by atoms with van der Waals surface area (Å²) in [6.07, 6.45) is 3.98. The molecule has 2 unspecified atom stereocenters. The van der Waals surface area contributed by atoms with Crippen LogP contribution in [0.5, 0.6) is 0 Å². The van der Waals surface area contributed by atoms with Gasteiger partial charge < -0.3 is 15.0 Å². The molecule has 0 aliphatic carbocycles. The molecule has 0 amide bonds. The number of ether oxygens (including phenoxy) is 1. The molecule has 16 heavy (non-hydrogen) atoms. The largest absolute Gasteiger partial charge is 0.381 e. The van der Waals surface area contributed by atoms with E-state index in [2.05, 4.69) is 24.2 Å². The van der Waals surface area contributed by atoms with Crippen molar-refractivity contribution < 1.29 is 4.74 Å². The Balaban J connectivity index is 1.74. The van der Waals surface area contributed by atoms with E-state index in [4.69, 9.17) is 4.74 Å². The zero-order valence-corrected chi connectivity index (χ0v) is 10.7. The number of rotatable bonds is 4. The minimum atomic E-state index is 0.720. The van der Waals surface area contributed by atoms with Crippen LogP contribution in [0.4, 0.5) is 0 Å². The summed E-state index contributed by atoms with van der Waals surface area (Å²) in [5.74, 6) is 1.68. The van der Waals surface area contributed by atoms with E-state index in [0.717, 1.165) is 31.1 Å². The SMILES string of the molecule is CNCC1CCN(C(C)C2CCOC2)CC1. The highest BCUT2D eigenvalue weighted by atomic mass is 16.5. The van der Waals surface area contributed by atoms with Crippen molar-refractivity contribution in [2.24, 2.45) is 11.8 Å². The van der Waals surface area contributed by atoms with E-state index in [1.165, 1.54) is 38.9 Å². The van der Waals surface area contributed by atoms with Gasteiger partial charge in [-0.05, 0) is 64.7 Å². The number of hydrogen-bond acceptors (Lipinski definition) is 3. The fraction of sp³-hybridized carbons (Fsp3) is 1.00. The highest BCUT2D eigenvalue weighted by Crippen LogP contribution is 2.25. The van der Waals surface area contributed by atoms with E-state index < -0.39 is 0 Å². The fourth-order valence-corrected chi connectivity index (χ4v) is 3.08. The first-order valence-electron chi connectivity index (χ1n) is 6.77. The van der Waals surface area contributed by atoms with Crippen molar-refractivity contribution in [3.8, 4) is 0 Å². The minimum absolute atomic E-state index is 0.720. The van der Waals surface area contributed by atoms with Gasteiger partial charge in [-0.1, -0.05) is 0 Å². The molecule has 1 N–H and O–H groups in total. The lowest BCUT2D eigenvalue weighted by Crippen LogP contribution is -2.45. The average molecular weight is 226 g/mol. The van der Waals surface area contributed by atoms with E-state index in [1.54, 1.807) is 0 Å². The second kappa shape index (κ2) is 5.99. The lowest BCUT2D eigenvalue weighted by atomic mass is 9.92. The van der Waals surface area contributed by atoms with Gasteiger partial charge in [0.2, 0.25) is 0 Å². The first kappa shape index (κ1) is 12.3. The molecule has 2 aliphatic rings. The quantitative estimate of drug-likeness (QED) is 0.783. The second-order valence-electron chi connectivity index (χ2n) is 5.40. The number of hydrogen-bond donors (Lipinski definition) is 1. The maximum Gasteiger partial charge on any atom is 0.0509 e. The minimum Gasteiger partial charge on any atom is -0.381 e. The van der Waals surface area contributed by atoms with Crippen LogP contribution in [0.25, 0.3) is 0 Å². The Morgan fingerprint density at radius 2 is 2.06 bits per heavy atom. The standard InChI is InChI=1S/C13H26N2O/c1-11(13-5-8-16-10-13)15-6-3-12(4-7-15)9-14-2/h11-14H,3-10H2,1-2H3. The van der Waals surface area contributed by atoms with Gasteiger partial charge in [0.05, 0.1) is 6.61 Å². The third-order valence-electron chi connectivity index (χ3n) is 4.37. The summed E-state index contributed by atoms with van der Waals surface area (Å²) in [4.78, 5) is 2.67. The highest BCUT2D eigenvalue weighted by molar-refractivity contribution is 4.82. The first-order chi connectivity index (χ1) is 7.81. The van der Waals surface area contributed by atoms with Crippen LogP contribution in [0, 0.1) is 11.8 Å². The van der Waals surface area contributed by atoms with E-state index in [9.17, 15) is 0 Å². The Labute approximate surface area is 99.5 Å². The predicted molar refractivity (Wildman–Crippen MR) is 66.6 cm³/mol. The molecule has 94 valence electrons. The summed E-state index contributed by atoms with van der Waals surface area (Å²) >= 11 is 0. The molecule has 0 bridgehead atoms. The highest BCUT2D eigenvalue weighted by Gasteiger charge is 2.29. The van der Waals surface area contributed by atoms with Gasteiger partial charge in [0.15, 0.2) is 0 Å². The number of likely N-dealkylation sites (tertiary alicyclic amines) is 1. The summed E-state index contributed by atoms with van der Waals surface area (Å²) in [5, 5.41) is 3.30. The summed E-state index contributed by atoms with van der Waals surface area (Å²) in [5.41, 5.74) is 0. The molecule has 2 fully saturated rings. The van der Waals surface area contributed by atoms with Gasteiger partial charge in [-0.2, -0.15) is 0 Å². The molecular formula is C13H26N2O. The van der Waals surface area contributed by atoms with Crippen molar-refractivity contribution in [3.63, 3.8) is 0 Å². The zero-order valence-electron chi connectivity index (χ0n) is 10.7. The molecule has 2 rings (SSSR count). The number of nitrogens with zero attached hydrogens (tertiary/aromatic N) is 1. The Morgan fingerprint density at radius 3 is 2.62 bits per heavy atom. The first-order valence-corrected chi connectivity index (χ1v) is 6.77. The van der Waals surface area contributed by atoms with E-state index >= 15 is 0 Å². The zero-order chi connectivity index (χ0) is 11.4. The van der Waals surface area contributed by atoms with Crippen molar-refractivity contribution in [2.75, 3.05) is 39.9 Å². The Hall–Kier alpha value is -0.120. The van der Waals surface area contributed by atoms with Crippen LogP contribution in [0.15, 0.2) is 0 Å². The molecule has 0 aromatic rings. The maximum absolute atomic E-state index is 5.49. The monoisotopic (exact) mass is 226 g/mol. The van der Waals surface area contributed by atoms with Crippen LogP contribution in [-0.4, -0.2) is 50.8 Å². The van der Waals surface area contributed by atoms with Gasteiger partial charge >= 0.3 is 0 Å². The van der Waals surface area contributed by atoms with Crippen LogP contribution < -0.4 is 5.32 Å². The molecule has 2 heterocycles. The topological polar surface area (TPSA) is 24.5 Å². The third-order valence-corrected chi connectivity index (χ3v) is 4.37. The van der Waals surface area contributed by atoms with E-state index in [-0.39, 0.29) is 0 Å². The molecule has 3 nitrogen and oxygen atoms in total. The average Bonchev–Trinajstić information content (AvgIpc) is 2.83. The lowest BCUT2D eigenvalue weighted by Gasteiger charge is -2.38. The molecular weight excluding hydrogens is 200 g/mol. The molecule has 0 saturated carbocycles. The Kier molecular flexibility index (Phi) is 4.62. The molecule has 2 atom stereocenters. The van der Waals surface area contributed by atoms with Crippen LogP contribution in [0.1, 0.15) is 26.2 Å². The van der Waals surface area contributed by atoms with Crippen LogP contribution >= 0.6 is 0 Å². The molecule has 2 aliphatic heterocycles. The third kappa shape index (κ3) is 2.96. The normalized spacial score (nSPS) is 30.8. The Morgan fingerprint density at radius 1 is 1.31 bits per heavy atom. The van der Waals surface area contributed by atoms with Crippen molar-refractivity contribution in [1.82, 2.24) is 10.2 Å². The fourth-order valence-electron chi connectivity index (χ4n) is 3.08. The van der Waals surface area contributed by atoms with Gasteiger partial charge in [-0.25, -0.2) is 0 Å². The predicted octanol–water partition coefficient (Wildman–Crippen LogP) is 1.34. The van der Waals surface area contributed by atoms with Gasteiger partial charge in [-0.15, -0.1) is 0 Å². The summed E-state index contributed by atoms with van der Waals surface area (Å²) in [6, 6.07) is 0.720. The second-order valence-corrected chi connectivity index (χ2v) is 5.40. The summed E-state index contributed by atoms with van der Waals surface area (Å²) in [6.45, 7) is 8.10. The maximum atomic E-state index is 5.49. The van der Waals surface area contributed by atoms with Crippen molar-refractivity contribution in [2.45, 2.75) is 32.2 Å². The van der Waals surface area contributed by atoms with Gasteiger partial charge in [0.25, 0.3) is 0 Å². The molecule has 0 aromatic carbocycles. The smallest absolute Gasteiger partial charge is 0.0509 e. The molecule has 0 radical (unpaired) electrons. The molecule has 0 spiro atoms. The van der Waals surface area contributed by atoms with Gasteiger partial charge in [0, 0.05) is 12.6 Å². The number of nitrogens with one attached hydrogen (secondary N) is 1. The molecule has 2 saturated heterocycles. The van der Waals surface area contributed by atoms with Crippen molar-refractivity contribution in [3.05, 3.63) is 0 Å². The van der Waals surface area contributed by atoms with Gasteiger partial charge in [-0.3, -0.25) is 0 Å². The van der Waals surface area contributed by atoms with Crippen LogP contribution in [0.2, 0.25) is 0 Å². The Bertz CT molecular complexity index is 196. The number of piperidine rings is 1. The van der Waals surface area contributed by atoms with Crippen LogP contribution in [0.3, 0.4) is 0 Å². The van der Waals surface area contributed by atoms with Crippen LogP contribution in [-0.2, 0) is 4.74 Å². The van der Waals surface area contributed by atoms with E-state index in [1.807, 2.05) is 0 Å². The molecule has 0 aromatic heterocycles. The van der Waals surface area contributed by atoms with Crippen molar-refractivity contribution >= 4 is 0 Å². The van der Waals surface area contributed by atoms with Crippen molar-refractivity contribution in [1.29, 1.82) is 0 Å².